The maximum Gasteiger partial charge on any atom is 0.122 e. The summed E-state index contributed by atoms with van der Waals surface area (Å²) in [5, 5.41) is 12.0. The quantitative estimate of drug-likeness (QED) is 0.663. The van der Waals surface area contributed by atoms with Gasteiger partial charge in [0.15, 0.2) is 0 Å². The number of phenolic OH excluding ortho intramolecular Hbond substituents is 1. The molecular formula is C22H32NOP. The van der Waals surface area contributed by atoms with Crippen LogP contribution in [0.5, 0.6) is 5.75 Å². The zero-order chi connectivity index (χ0) is 18.6. The van der Waals surface area contributed by atoms with Gasteiger partial charge < -0.3 is 10.0 Å². The zero-order valence-electron chi connectivity index (χ0n) is 16.5. The first kappa shape index (κ1) is 19.8. The van der Waals surface area contributed by atoms with Crippen molar-refractivity contribution in [2.75, 3.05) is 18.0 Å². The largest absolute Gasteiger partial charge is 0.507 e. The van der Waals surface area contributed by atoms with Crippen LogP contribution in [0.15, 0.2) is 36.4 Å². The Morgan fingerprint density at radius 1 is 0.960 bits per heavy atom. The molecule has 0 aromatic heterocycles. The number of nitrogens with zero attached hydrogens (tertiary/aromatic N) is 1. The molecular weight excluding hydrogens is 325 g/mol. The summed E-state index contributed by atoms with van der Waals surface area (Å²) in [5.74, 6) is 0.456. The molecule has 0 saturated carbocycles. The van der Waals surface area contributed by atoms with Gasteiger partial charge in [0.1, 0.15) is 5.75 Å². The summed E-state index contributed by atoms with van der Waals surface area (Å²) in [6, 6.07) is 12.7. The van der Waals surface area contributed by atoms with E-state index < -0.39 is 0 Å². The van der Waals surface area contributed by atoms with Crippen molar-refractivity contribution in [1.82, 2.24) is 0 Å². The van der Waals surface area contributed by atoms with Crippen LogP contribution in [0.1, 0.15) is 50.8 Å². The molecule has 0 aliphatic heterocycles. The van der Waals surface area contributed by atoms with E-state index in [1.165, 1.54) is 16.6 Å². The smallest absolute Gasteiger partial charge is 0.122 e. The Hall–Kier alpha value is -1.53. The number of rotatable bonds is 7. The highest BCUT2D eigenvalue weighted by Gasteiger charge is 2.30. The second kappa shape index (κ2) is 8.23. The van der Waals surface area contributed by atoms with Crippen molar-refractivity contribution in [2.45, 2.75) is 53.1 Å². The molecule has 0 saturated heterocycles. The fraction of sp³-hybridized carbons (Fsp3) is 0.455. The van der Waals surface area contributed by atoms with Crippen LogP contribution in [0.2, 0.25) is 0 Å². The molecule has 0 aliphatic rings. The summed E-state index contributed by atoms with van der Waals surface area (Å²) in [5.41, 5.74) is 4.71. The third-order valence-corrected chi connectivity index (χ3v) is 7.37. The van der Waals surface area contributed by atoms with E-state index >= 15 is 0 Å². The molecule has 136 valence electrons. The molecule has 0 radical (unpaired) electrons. The SMILES string of the molecule is CCN(CC)c1cccc(C)c1PC(C)(CC)c1cccc(C)c1O. The van der Waals surface area contributed by atoms with E-state index in [0.29, 0.717) is 14.3 Å². The van der Waals surface area contributed by atoms with Gasteiger partial charge in [-0.1, -0.05) is 52.8 Å². The lowest BCUT2D eigenvalue weighted by atomic mass is 9.94. The Morgan fingerprint density at radius 3 is 2.16 bits per heavy atom. The average Bonchev–Trinajstić information content (AvgIpc) is 2.61. The molecule has 1 N–H and O–H groups in total. The third-order valence-electron chi connectivity index (χ3n) is 5.30. The topological polar surface area (TPSA) is 23.5 Å². The fourth-order valence-electron chi connectivity index (χ4n) is 3.37. The van der Waals surface area contributed by atoms with E-state index in [4.69, 9.17) is 0 Å². The monoisotopic (exact) mass is 357 g/mol. The van der Waals surface area contributed by atoms with Crippen LogP contribution >= 0.6 is 8.58 Å². The minimum atomic E-state index is -0.0654. The summed E-state index contributed by atoms with van der Waals surface area (Å²) in [4.78, 5) is 2.43. The molecule has 0 amide bonds. The van der Waals surface area contributed by atoms with Crippen molar-refractivity contribution in [1.29, 1.82) is 0 Å². The third kappa shape index (κ3) is 4.01. The lowest BCUT2D eigenvalue weighted by Gasteiger charge is -2.34. The first-order chi connectivity index (χ1) is 11.9. The maximum absolute atomic E-state index is 10.7. The maximum atomic E-state index is 10.7. The van der Waals surface area contributed by atoms with Crippen molar-refractivity contribution in [2.24, 2.45) is 0 Å². The minimum Gasteiger partial charge on any atom is -0.507 e. The van der Waals surface area contributed by atoms with E-state index in [1.54, 1.807) is 0 Å². The molecule has 2 aromatic rings. The molecule has 2 rings (SSSR count). The van der Waals surface area contributed by atoms with Crippen LogP contribution in [-0.2, 0) is 5.16 Å². The lowest BCUT2D eigenvalue weighted by Crippen LogP contribution is -2.29. The number of hydrogen-bond acceptors (Lipinski definition) is 2. The van der Waals surface area contributed by atoms with Crippen LogP contribution in [0.25, 0.3) is 0 Å². The molecule has 0 fully saturated rings. The number of anilines is 1. The van der Waals surface area contributed by atoms with Crippen molar-refractivity contribution in [3.8, 4) is 5.75 Å². The second-order valence-electron chi connectivity index (χ2n) is 6.92. The Morgan fingerprint density at radius 2 is 1.56 bits per heavy atom. The van der Waals surface area contributed by atoms with Crippen molar-refractivity contribution >= 4 is 19.6 Å². The molecule has 0 spiro atoms. The van der Waals surface area contributed by atoms with E-state index in [0.717, 1.165) is 30.6 Å². The summed E-state index contributed by atoms with van der Waals surface area (Å²) in [6.07, 6.45) is 0.995. The number of para-hydroxylation sites is 1. The molecule has 0 bridgehead atoms. The number of phenols is 1. The van der Waals surface area contributed by atoms with Crippen molar-refractivity contribution < 1.29 is 5.11 Å². The zero-order valence-corrected chi connectivity index (χ0v) is 17.5. The highest BCUT2D eigenvalue weighted by atomic mass is 31.1. The first-order valence-corrected chi connectivity index (χ1v) is 10.3. The van der Waals surface area contributed by atoms with Gasteiger partial charge in [-0.15, -0.1) is 0 Å². The van der Waals surface area contributed by atoms with Crippen LogP contribution < -0.4 is 10.2 Å². The standard InChI is InChI=1S/C22H32NOP/c1-7-22(6,18-14-10-12-16(4)20(18)24)25-21-17(5)13-11-15-19(21)23(8-2)9-3/h10-15,24-25H,7-9H2,1-6H3. The Balaban J connectivity index is 2.54. The molecule has 2 nitrogen and oxygen atoms in total. The number of aromatic hydroxyl groups is 1. The highest BCUT2D eigenvalue weighted by Crippen LogP contribution is 2.49. The van der Waals surface area contributed by atoms with E-state index in [2.05, 4.69) is 69.9 Å². The van der Waals surface area contributed by atoms with E-state index in [9.17, 15) is 5.11 Å². The number of aryl methyl sites for hydroxylation is 2. The molecule has 2 aromatic carbocycles. The molecule has 0 heterocycles. The van der Waals surface area contributed by atoms with Crippen molar-refractivity contribution in [3.63, 3.8) is 0 Å². The second-order valence-corrected chi connectivity index (χ2v) is 8.78. The summed E-state index contributed by atoms with van der Waals surface area (Å²) in [6.45, 7) is 15.2. The van der Waals surface area contributed by atoms with Crippen molar-refractivity contribution in [3.05, 3.63) is 53.1 Å². The molecule has 3 heteroatoms. The summed E-state index contributed by atoms with van der Waals surface area (Å²) < 4.78 is 0. The van der Waals surface area contributed by atoms with Gasteiger partial charge in [-0.2, -0.15) is 0 Å². The fourth-order valence-corrected chi connectivity index (χ4v) is 5.08. The highest BCUT2D eigenvalue weighted by molar-refractivity contribution is 7.49. The van der Waals surface area contributed by atoms with Gasteiger partial charge in [0.2, 0.25) is 0 Å². The average molecular weight is 357 g/mol. The van der Waals surface area contributed by atoms with Crippen LogP contribution in [-0.4, -0.2) is 18.2 Å². The van der Waals surface area contributed by atoms with Gasteiger partial charge in [-0.25, -0.2) is 0 Å². The number of hydrogen-bond donors (Lipinski definition) is 1. The van der Waals surface area contributed by atoms with Crippen LogP contribution in [0.4, 0.5) is 5.69 Å². The summed E-state index contributed by atoms with van der Waals surface area (Å²) >= 11 is 0. The molecule has 25 heavy (non-hydrogen) atoms. The van der Waals surface area contributed by atoms with Gasteiger partial charge in [0.25, 0.3) is 0 Å². The predicted octanol–water partition coefficient (Wildman–Crippen LogP) is 5.48. The minimum absolute atomic E-state index is 0.0654. The predicted molar refractivity (Wildman–Crippen MR) is 113 cm³/mol. The van der Waals surface area contributed by atoms with Crippen LogP contribution in [0, 0.1) is 13.8 Å². The molecule has 2 atom stereocenters. The normalized spacial score (nSPS) is 14.0. The van der Waals surface area contributed by atoms with Gasteiger partial charge >= 0.3 is 0 Å². The van der Waals surface area contributed by atoms with Crippen LogP contribution in [0.3, 0.4) is 0 Å². The summed E-state index contributed by atoms with van der Waals surface area (Å²) in [7, 11) is 0.614. The van der Waals surface area contributed by atoms with Gasteiger partial charge in [0, 0.05) is 29.5 Å². The van der Waals surface area contributed by atoms with E-state index in [1.807, 2.05) is 13.0 Å². The lowest BCUT2D eigenvalue weighted by molar-refractivity contribution is 0.452. The van der Waals surface area contributed by atoms with E-state index in [-0.39, 0.29) is 5.16 Å². The van der Waals surface area contributed by atoms with Gasteiger partial charge in [-0.05, 0) is 56.6 Å². The Bertz CT molecular complexity index is 724. The van der Waals surface area contributed by atoms with Gasteiger partial charge in [-0.3, -0.25) is 0 Å². The first-order valence-electron chi connectivity index (χ1n) is 9.29. The Labute approximate surface area is 155 Å². The number of benzene rings is 2. The van der Waals surface area contributed by atoms with Gasteiger partial charge in [0.05, 0.1) is 0 Å². The molecule has 2 unspecified atom stereocenters. The molecule has 0 aliphatic carbocycles. The Kier molecular flexibility index (Phi) is 6.52.